The normalized spacial score (nSPS) is 16.1. The molecular weight excluding hydrogens is 530 g/mol. The average molecular weight is 564 g/mol. The molecule has 1 saturated heterocycles. The lowest BCUT2D eigenvalue weighted by atomic mass is 10.0. The van der Waals surface area contributed by atoms with E-state index in [2.05, 4.69) is 45.3 Å². The van der Waals surface area contributed by atoms with E-state index in [4.69, 9.17) is 9.72 Å². The summed E-state index contributed by atoms with van der Waals surface area (Å²) in [6.07, 6.45) is 11.5. The molecule has 0 spiro atoms. The van der Waals surface area contributed by atoms with Gasteiger partial charge in [-0.3, -0.25) is 9.59 Å². The number of carbonyl (C=O) groups is 1. The number of likely N-dealkylation sites (tertiary alicyclic amines) is 1. The number of benzene rings is 2. The van der Waals surface area contributed by atoms with Crippen molar-refractivity contribution >= 4 is 39.5 Å². The number of rotatable bonds is 3. The largest absolute Gasteiger partial charge is 0.494 e. The molecule has 5 aromatic rings. The van der Waals surface area contributed by atoms with Crippen molar-refractivity contribution in [2.75, 3.05) is 25.0 Å². The lowest BCUT2D eigenvalue weighted by molar-refractivity contribution is -0.130. The number of aromatic nitrogens is 5. The van der Waals surface area contributed by atoms with Crippen molar-refractivity contribution < 1.29 is 9.53 Å². The van der Waals surface area contributed by atoms with E-state index in [0.717, 1.165) is 66.8 Å². The maximum Gasteiger partial charge on any atom is 0.278 e. The third-order valence-electron chi connectivity index (χ3n) is 8.25. The van der Waals surface area contributed by atoms with E-state index < -0.39 is 0 Å². The maximum atomic E-state index is 13.4. The molecule has 10 heteroatoms. The van der Waals surface area contributed by atoms with Gasteiger partial charge in [0.25, 0.3) is 5.56 Å². The predicted molar refractivity (Wildman–Crippen MR) is 163 cm³/mol. The van der Waals surface area contributed by atoms with Crippen LogP contribution in [0.2, 0.25) is 0 Å². The number of nitrogens with zero attached hydrogens (tertiary/aromatic N) is 6. The summed E-state index contributed by atoms with van der Waals surface area (Å²) in [7, 11) is 0. The molecule has 7 rings (SSSR count). The number of ether oxygens (including phenoxy) is 1. The molecule has 2 aliphatic heterocycles. The lowest BCUT2D eigenvalue weighted by Crippen LogP contribution is -2.37. The molecule has 0 saturated carbocycles. The molecule has 2 bridgehead atoms. The van der Waals surface area contributed by atoms with Crippen LogP contribution in [0.15, 0.2) is 77.9 Å². The van der Waals surface area contributed by atoms with Gasteiger partial charge in [0.15, 0.2) is 5.65 Å². The maximum absolute atomic E-state index is 13.4. The zero-order valence-electron chi connectivity index (χ0n) is 23.6. The first-order valence-electron chi connectivity index (χ1n) is 14.5. The zero-order valence-corrected chi connectivity index (χ0v) is 23.6. The highest BCUT2D eigenvalue weighted by atomic mass is 16.5. The Morgan fingerprint density at radius 1 is 1.07 bits per heavy atom. The van der Waals surface area contributed by atoms with Gasteiger partial charge in [0.2, 0.25) is 11.9 Å². The minimum absolute atomic E-state index is 0.138. The average Bonchev–Trinajstić information content (AvgIpc) is 3.54. The molecule has 10 nitrogen and oxygen atoms in total. The van der Waals surface area contributed by atoms with Gasteiger partial charge < -0.3 is 19.5 Å². The number of nitrogens with one attached hydrogen (secondary N) is 1. The van der Waals surface area contributed by atoms with E-state index in [9.17, 15) is 9.59 Å². The summed E-state index contributed by atoms with van der Waals surface area (Å²) < 4.78 is 11.8. The van der Waals surface area contributed by atoms with Gasteiger partial charge in [-0.05, 0) is 62.1 Å². The molecule has 5 heterocycles. The van der Waals surface area contributed by atoms with Gasteiger partial charge in [-0.2, -0.15) is 4.98 Å². The number of fused-ring (bicyclic) bond motifs is 7. The predicted octanol–water partition coefficient (Wildman–Crippen LogP) is 5.19. The zero-order chi connectivity index (χ0) is 28.6. The monoisotopic (exact) mass is 563 g/mol. The SMILES string of the molecule is CC(=O)N1CCC(n2ccc3cc(Nc4ncc5c(=O)n6n(c5n4)-c4cccc(c4)OCCCC=CC6)ccc32)CC1. The highest BCUT2D eigenvalue weighted by Gasteiger charge is 2.23. The molecule has 214 valence electrons. The van der Waals surface area contributed by atoms with E-state index in [0.29, 0.717) is 36.2 Å². The van der Waals surface area contributed by atoms with Crippen molar-refractivity contribution in [3.63, 3.8) is 0 Å². The second-order valence-corrected chi connectivity index (χ2v) is 10.9. The fraction of sp³-hybridized carbons (Fsp3) is 0.312. The smallest absolute Gasteiger partial charge is 0.278 e. The number of piperidine rings is 1. The van der Waals surface area contributed by atoms with Gasteiger partial charge in [0.05, 0.1) is 18.8 Å². The van der Waals surface area contributed by atoms with Crippen LogP contribution < -0.4 is 15.6 Å². The van der Waals surface area contributed by atoms with Crippen molar-refractivity contribution in [2.45, 2.75) is 45.2 Å². The fourth-order valence-corrected chi connectivity index (χ4v) is 6.05. The van der Waals surface area contributed by atoms with Crippen LogP contribution in [0.1, 0.15) is 38.6 Å². The Balaban J connectivity index is 1.21. The van der Waals surface area contributed by atoms with Crippen LogP contribution in [0.3, 0.4) is 0 Å². The second-order valence-electron chi connectivity index (χ2n) is 10.9. The molecule has 2 aromatic carbocycles. The Hall–Kier alpha value is -4.86. The van der Waals surface area contributed by atoms with E-state index in [1.165, 1.54) is 0 Å². The third-order valence-corrected chi connectivity index (χ3v) is 8.25. The first kappa shape index (κ1) is 26.1. The van der Waals surface area contributed by atoms with Crippen molar-refractivity contribution in [3.05, 3.63) is 83.4 Å². The summed E-state index contributed by atoms with van der Waals surface area (Å²) in [6, 6.07) is 16.5. The number of amides is 1. The van der Waals surface area contributed by atoms with Gasteiger partial charge in [-0.25, -0.2) is 14.3 Å². The topological polar surface area (TPSA) is 99.2 Å². The van der Waals surface area contributed by atoms with E-state index in [1.807, 2.05) is 46.0 Å². The van der Waals surface area contributed by atoms with E-state index in [-0.39, 0.29) is 11.5 Å². The number of hydrogen-bond acceptors (Lipinski definition) is 6. The van der Waals surface area contributed by atoms with Gasteiger partial charge in [-0.1, -0.05) is 18.2 Å². The molecule has 42 heavy (non-hydrogen) atoms. The fourth-order valence-electron chi connectivity index (χ4n) is 6.05. The minimum Gasteiger partial charge on any atom is -0.494 e. The summed E-state index contributed by atoms with van der Waals surface area (Å²) in [5.74, 6) is 1.32. The molecule has 1 amide bonds. The van der Waals surface area contributed by atoms with Crippen LogP contribution >= 0.6 is 0 Å². The summed E-state index contributed by atoms with van der Waals surface area (Å²) in [4.78, 5) is 36.4. The quantitative estimate of drug-likeness (QED) is 0.303. The number of hydrogen-bond donors (Lipinski definition) is 1. The standard InChI is InChI=1S/C32H33N7O3/c1-22(40)36-15-12-25(13-16-36)37-17-11-23-19-24(9-10-29(23)37)34-32-33-21-28-30(35-32)39-26-7-6-8-27(20-26)42-18-5-3-2-4-14-38(39)31(28)41/h2,4,6-11,17,19-21,25H,3,5,12-16,18H2,1H3,(H,33,34,35). The molecule has 0 unspecified atom stereocenters. The third kappa shape index (κ3) is 4.82. The van der Waals surface area contributed by atoms with Crippen molar-refractivity contribution in [3.8, 4) is 11.4 Å². The van der Waals surface area contributed by atoms with Crippen LogP contribution in [0.25, 0.3) is 27.6 Å². The summed E-state index contributed by atoms with van der Waals surface area (Å²) in [5.41, 5.74) is 3.22. The molecule has 1 fully saturated rings. The Bertz CT molecular complexity index is 1870. The summed E-state index contributed by atoms with van der Waals surface area (Å²) in [6.45, 7) is 4.29. The minimum atomic E-state index is -0.138. The highest BCUT2D eigenvalue weighted by Crippen LogP contribution is 2.30. The number of anilines is 2. The van der Waals surface area contributed by atoms with E-state index >= 15 is 0 Å². The Kier molecular flexibility index (Phi) is 6.73. The van der Waals surface area contributed by atoms with Crippen molar-refractivity contribution in [2.24, 2.45) is 0 Å². The first-order valence-corrected chi connectivity index (χ1v) is 14.5. The van der Waals surface area contributed by atoms with Crippen LogP contribution in [-0.4, -0.2) is 54.4 Å². The molecule has 3 aromatic heterocycles. The number of allylic oxidation sites excluding steroid dienone is 2. The van der Waals surface area contributed by atoms with Crippen LogP contribution in [0.5, 0.6) is 5.75 Å². The second kappa shape index (κ2) is 10.8. The van der Waals surface area contributed by atoms with Crippen LogP contribution in [-0.2, 0) is 11.3 Å². The molecular formula is C32H33N7O3. The van der Waals surface area contributed by atoms with Crippen LogP contribution in [0.4, 0.5) is 11.6 Å². The number of carbonyl (C=O) groups excluding carboxylic acids is 1. The molecule has 1 N–H and O–H groups in total. The van der Waals surface area contributed by atoms with Crippen molar-refractivity contribution in [1.82, 2.24) is 28.8 Å². The van der Waals surface area contributed by atoms with Crippen LogP contribution in [0, 0.1) is 0 Å². The molecule has 0 atom stereocenters. The van der Waals surface area contributed by atoms with Gasteiger partial charge in [-0.15, -0.1) is 0 Å². The highest BCUT2D eigenvalue weighted by molar-refractivity contribution is 5.85. The Morgan fingerprint density at radius 3 is 2.81 bits per heavy atom. The van der Waals surface area contributed by atoms with Gasteiger partial charge >= 0.3 is 0 Å². The summed E-state index contributed by atoms with van der Waals surface area (Å²) >= 11 is 0. The van der Waals surface area contributed by atoms with Gasteiger partial charge in [0.1, 0.15) is 11.1 Å². The first-order chi connectivity index (χ1) is 20.5. The summed E-state index contributed by atoms with van der Waals surface area (Å²) in [5, 5.41) is 4.92. The van der Waals surface area contributed by atoms with Crippen molar-refractivity contribution in [1.29, 1.82) is 0 Å². The Labute approximate surface area is 242 Å². The van der Waals surface area contributed by atoms with E-state index in [1.54, 1.807) is 17.8 Å². The molecule has 0 aliphatic carbocycles. The Morgan fingerprint density at radius 2 is 1.95 bits per heavy atom. The molecule has 2 aliphatic rings. The lowest BCUT2D eigenvalue weighted by Gasteiger charge is -2.32. The van der Waals surface area contributed by atoms with Gasteiger partial charge in [0, 0.05) is 61.1 Å². The molecule has 0 radical (unpaired) electrons.